The maximum atomic E-state index is 10.1. The molecule has 0 radical (unpaired) electrons. The van der Waals surface area contributed by atoms with E-state index in [1.54, 1.807) is 12.1 Å². The summed E-state index contributed by atoms with van der Waals surface area (Å²) in [4.78, 5) is 2.19. The Labute approximate surface area is 126 Å². The molecule has 0 unspecified atom stereocenters. The molecule has 0 bridgehead atoms. The molecule has 0 heterocycles. The highest BCUT2D eigenvalue weighted by Gasteiger charge is 2.23. The van der Waals surface area contributed by atoms with Crippen LogP contribution in [0.2, 0.25) is 5.02 Å². The molecular formula is C17H22ClNO. The minimum Gasteiger partial charge on any atom is -0.507 e. The quantitative estimate of drug-likeness (QED) is 0.826. The zero-order valence-electron chi connectivity index (χ0n) is 12.0. The van der Waals surface area contributed by atoms with Crippen LogP contribution in [0.4, 0.5) is 0 Å². The van der Waals surface area contributed by atoms with Crippen molar-refractivity contribution >= 4 is 17.3 Å². The molecule has 1 N–H and O–H groups in total. The number of aromatic hydroxyl groups is 1. The van der Waals surface area contributed by atoms with Crippen molar-refractivity contribution in [3.8, 4) is 5.75 Å². The molecule has 0 atom stereocenters. The molecule has 1 aromatic rings. The van der Waals surface area contributed by atoms with Crippen molar-refractivity contribution < 1.29 is 5.11 Å². The van der Waals surface area contributed by atoms with Gasteiger partial charge in [-0.1, -0.05) is 43.5 Å². The summed E-state index contributed by atoms with van der Waals surface area (Å²) in [5, 5.41) is 10.7. The number of hydrogen-bond donors (Lipinski definition) is 1. The number of rotatable bonds is 4. The third-order valence-electron chi connectivity index (χ3n) is 3.95. The van der Waals surface area contributed by atoms with Crippen molar-refractivity contribution in [1.82, 2.24) is 4.90 Å². The Morgan fingerprint density at radius 3 is 2.65 bits per heavy atom. The van der Waals surface area contributed by atoms with Crippen molar-refractivity contribution in [1.29, 1.82) is 0 Å². The highest BCUT2D eigenvalue weighted by molar-refractivity contribution is 6.30. The van der Waals surface area contributed by atoms with Crippen LogP contribution in [0.3, 0.4) is 0 Å². The molecule has 1 fully saturated rings. The van der Waals surface area contributed by atoms with E-state index in [9.17, 15) is 5.11 Å². The van der Waals surface area contributed by atoms with Crippen LogP contribution in [-0.2, 0) is 0 Å². The molecule has 1 aromatic carbocycles. The summed E-state index contributed by atoms with van der Waals surface area (Å²) >= 11 is 6.07. The van der Waals surface area contributed by atoms with Gasteiger partial charge in [0.1, 0.15) is 5.75 Å². The smallest absolute Gasteiger partial charge is 0.124 e. The van der Waals surface area contributed by atoms with Crippen LogP contribution >= 0.6 is 11.6 Å². The Bertz CT molecular complexity index is 504. The number of hydrogen-bond acceptors (Lipinski definition) is 2. The van der Waals surface area contributed by atoms with Crippen molar-refractivity contribution in [2.24, 2.45) is 0 Å². The molecular weight excluding hydrogens is 270 g/mol. The van der Waals surface area contributed by atoms with Crippen LogP contribution < -0.4 is 0 Å². The van der Waals surface area contributed by atoms with E-state index in [1.807, 2.05) is 25.3 Å². The molecule has 2 nitrogen and oxygen atoms in total. The van der Waals surface area contributed by atoms with Gasteiger partial charge in [0, 0.05) is 22.3 Å². The second-order valence-electron chi connectivity index (χ2n) is 5.22. The number of halogens is 1. The maximum absolute atomic E-state index is 10.1. The highest BCUT2D eigenvalue weighted by atomic mass is 35.5. The highest BCUT2D eigenvalue weighted by Crippen LogP contribution is 2.34. The fraction of sp³-hybridized carbons (Fsp3) is 0.412. The Morgan fingerprint density at radius 2 is 2.05 bits per heavy atom. The number of allylic oxidation sites excluding steroid dienone is 1. The fourth-order valence-electron chi connectivity index (χ4n) is 2.96. The van der Waals surface area contributed by atoms with Crippen LogP contribution in [0, 0.1) is 0 Å². The number of phenolic OH excluding ortho intramolecular Hbond substituents is 1. The van der Waals surface area contributed by atoms with Crippen LogP contribution in [-0.4, -0.2) is 16.0 Å². The lowest BCUT2D eigenvalue weighted by Gasteiger charge is -2.35. The average molecular weight is 292 g/mol. The minimum absolute atomic E-state index is 0.255. The van der Waals surface area contributed by atoms with E-state index < -0.39 is 0 Å². The van der Waals surface area contributed by atoms with Crippen LogP contribution in [0.1, 0.15) is 44.6 Å². The molecule has 108 valence electrons. The van der Waals surface area contributed by atoms with Gasteiger partial charge >= 0.3 is 0 Å². The molecule has 3 heteroatoms. The Balaban J connectivity index is 2.34. The van der Waals surface area contributed by atoms with E-state index in [4.69, 9.17) is 11.6 Å². The summed E-state index contributed by atoms with van der Waals surface area (Å²) in [7, 11) is 0. The molecule has 0 amide bonds. The number of phenols is 1. The third-order valence-corrected chi connectivity index (χ3v) is 4.19. The zero-order chi connectivity index (χ0) is 14.5. The zero-order valence-corrected chi connectivity index (χ0v) is 12.7. The monoisotopic (exact) mass is 291 g/mol. The predicted octanol–water partition coefficient (Wildman–Crippen LogP) is 5.18. The topological polar surface area (TPSA) is 23.5 Å². The van der Waals surface area contributed by atoms with Gasteiger partial charge in [0.05, 0.1) is 0 Å². The summed E-state index contributed by atoms with van der Waals surface area (Å²) in [5.74, 6) is 0.255. The van der Waals surface area contributed by atoms with Crippen LogP contribution in [0.15, 0.2) is 37.1 Å². The first-order valence-electron chi connectivity index (χ1n) is 7.23. The summed E-state index contributed by atoms with van der Waals surface area (Å²) in [6.45, 7) is 5.93. The normalized spacial score (nSPS) is 17.0. The molecule has 0 spiro atoms. The van der Waals surface area contributed by atoms with E-state index in [0.29, 0.717) is 11.1 Å². The molecule has 0 aliphatic heterocycles. The number of benzene rings is 1. The van der Waals surface area contributed by atoms with Crippen LogP contribution in [0.5, 0.6) is 5.75 Å². The lowest BCUT2D eigenvalue weighted by atomic mass is 9.93. The van der Waals surface area contributed by atoms with Gasteiger partial charge in [-0.05, 0) is 44.2 Å². The molecule has 1 aliphatic carbocycles. The molecule has 2 rings (SSSR count). The van der Waals surface area contributed by atoms with E-state index >= 15 is 0 Å². The molecule has 20 heavy (non-hydrogen) atoms. The van der Waals surface area contributed by atoms with E-state index in [2.05, 4.69) is 11.5 Å². The standard InChI is InChI=1S/C17H22ClNO/c1-3-16(15-12-13(18)10-11-17(15)20)19(4-2)14-8-6-5-7-9-14/h3-4,10-12,14,20H,2,5-9H2,1H3. The maximum Gasteiger partial charge on any atom is 0.124 e. The van der Waals surface area contributed by atoms with Gasteiger partial charge in [0.2, 0.25) is 0 Å². The van der Waals surface area contributed by atoms with Gasteiger partial charge in [-0.15, -0.1) is 0 Å². The van der Waals surface area contributed by atoms with Crippen molar-refractivity contribution in [2.45, 2.75) is 45.1 Å². The Kier molecular flexibility index (Phi) is 5.13. The summed E-state index contributed by atoms with van der Waals surface area (Å²) in [6, 6.07) is 5.62. The van der Waals surface area contributed by atoms with Crippen molar-refractivity contribution in [3.63, 3.8) is 0 Å². The van der Waals surface area contributed by atoms with Gasteiger partial charge in [-0.25, -0.2) is 0 Å². The summed E-state index contributed by atoms with van der Waals surface area (Å²) in [6.07, 6.45) is 10.1. The second-order valence-corrected chi connectivity index (χ2v) is 5.65. The average Bonchev–Trinajstić information content (AvgIpc) is 2.48. The van der Waals surface area contributed by atoms with E-state index in [1.165, 1.54) is 32.1 Å². The second kappa shape index (κ2) is 6.85. The Hall–Kier alpha value is -1.41. The molecule has 1 saturated carbocycles. The first kappa shape index (κ1) is 15.0. The summed E-state index contributed by atoms with van der Waals surface area (Å²) < 4.78 is 0. The largest absolute Gasteiger partial charge is 0.507 e. The molecule has 0 saturated heterocycles. The van der Waals surface area contributed by atoms with Gasteiger partial charge in [0.15, 0.2) is 0 Å². The Morgan fingerprint density at radius 1 is 1.35 bits per heavy atom. The summed E-state index contributed by atoms with van der Waals surface area (Å²) in [5.41, 5.74) is 1.75. The van der Waals surface area contributed by atoms with E-state index in [0.717, 1.165) is 11.3 Å². The first-order chi connectivity index (χ1) is 9.67. The SMILES string of the molecule is C=CN(C(=CC)c1cc(Cl)ccc1O)C1CCCCC1. The van der Waals surface area contributed by atoms with Gasteiger partial charge in [-0.3, -0.25) is 0 Å². The third kappa shape index (κ3) is 3.18. The van der Waals surface area contributed by atoms with Gasteiger partial charge < -0.3 is 10.0 Å². The van der Waals surface area contributed by atoms with E-state index in [-0.39, 0.29) is 5.75 Å². The van der Waals surface area contributed by atoms with Crippen LogP contribution in [0.25, 0.3) is 5.70 Å². The molecule has 0 aromatic heterocycles. The van der Waals surface area contributed by atoms with Gasteiger partial charge in [0.25, 0.3) is 0 Å². The van der Waals surface area contributed by atoms with Crippen molar-refractivity contribution in [2.75, 3.05) is 0 Å². The van der Waals surface area contributed by atoms with Crippen molar-refractivity contribution in [3.05, 3.63) is 47.6 Å². The lowest BCUT2D eigenvalue weighted by molar-refractivity contribution is 0.288. The fourth-order valence-corrected chi connectivity index (χ4v) is 3.13. The first-order valence-corrected chi connectivity index (χ1v) is 7.61. The minimum atomic E-state index is 0.255. The lowest BCUT2D eigenvalue weighted by Crippen LogP contribution is -2.31. The number of nitrogens with zero attached hydrogens (tertiary/aromatic N) is 1. The van der Waals surface area contributed by atoms with Gasteiger partial charge in [-0.2, -0.15) is 0 Å². The predicted molar refractivity (Wildman–Crippen MR) is 85.7 cm³/mol. The molecule has 1 aliphatic rings.